The van der Waals surface area contributed by atoms with Gasteiger partial charge in [0.05, 0.1) is 5.56 Å². The van der Waals surface area contributed by atoms with Crippen molar-refractivity contribution < 1.29 is 18.4 Å². The van der Waals surface area contributed by atoms with Crippen molar-refractivity contribution in [1.82, 2.24) is 0 Å². The van der Waals surface area contributed by atoms with Crippen molar-refractivity contribution >= 4 is 28.9 Å². The van der Waals surface area contributed by atoms with E-state index in [0.29, 0.717) is 33.6 Å². The maximum atomic E-state index is 13.4. The molecule has 4 N–H and O–H groups in total. The van der Waals surface area contributed by atoms with E-state index in [-0.39, 0.29) is 28.4 Å². The predicted octanol–water partition coefficient (Wildman–Crippen LogP) is 6.85. The molecule has 208 valence electrons. The molecule has 0 saturated heterocycles. The van der Waals surface area contributed by atoms with E-state index >= 15 is 0 Å². The minimum atomic E-state index is -0.454. The second-order valence-electron chi connectivity index (χ2n) is 9.39. The fourth-order valence-corrected chi connectivity index (χ4v) is 4.08. The first-order valence-corrected chi connectivity index (χ1v) is 13.1. The minimum absolute atomic E-state index is 0.127. The first-order valence-electron chi connectivity index (χ1n) is 13.1. The van der Waals surface area contributed by atoms with E-state index in [4.69, 9.17) is 5.73 Å². The summed E-state index contributed by atoms with van der Waals surface area (Å²) in [5.74, 6) is 10.1. The van der Waals surface area contributed by atoms with Crippen molar-refractivity contribution in [2.45, 2.75) is 0 Å². The lowest BCUT2D eigenvalue weighted by Gasteiger charge is -2.10. The van der Waals surface area contributed by atoms with Crippen LogP contribution in [0.1, 0.15) is 43.0 Å². The van der Waals surface area contributed by atoms with Gasteiger partial charge >= 0.3 is 0 Å². The molecule has 0 radical (unpaired) electrons. The van der Waals surface area contributed by atoms with Crippen molar-refractivity contribution in [3.8, 4) is 23.7 Å². The Hall–Kier alpha value is -6.18. The number of hydrogen-bond donors (Lipinski definition) is 3. The fourth-order valence-electron chi connectivity index (χ4n) is 4.08. The molecule has 0 aliphatic heterocycles. The van der Waals surface area contributed by atoms with Crippen LogP contribution in [0.4, 0.5) is 25.8 Å². The van der Waals surface area contributed by atoms with Gasteiger partial charge in [0.1, 0.15) is 11.6 Å². The summed E-state index contributed by atoms with van der Waals surface area (Å²) >= 11 is 0. The third-order valence-corrected chi connectivity index (χ3v) is 6.15. The molecule has 0 saturated carbocycles. The van der Waals surface area contributed by atoms with E-state index in [9.17, 15) is 18.4 Å². The van der Waals surface area contributed by atoms with Gasteiger partial charge in [0.15, 0.2) is 0 Å². The molecular formula is C36H23F2N3O2. The molecule has 7 heteroatoms. The van der Waals surface area contributed by atoms with Gasteiger partial charge in [-0.05, 0) is 91.0 Å². The molecule has 0 atom stereocenters. The highest BCUT2D eigenvalue weighted by atomic mass is 19.1. The number of hydrogen-bond acceptors (Lipinski definition) is 3. The normalized spacial score (nSPS) is 10.0. The SMILES string of the molecule is Nc1cc(C(=O)Nc2cccc(C#Cc3cccc(F)c3)c2)ccc1C(=O)Nc1cccc(C#Cc2cccc(F)c2)c1. The van der Waals surface area contributed by atoms with Gasteiger partial charge in [-0.25, -0.2) is 8.78 Å². The van der Waals surface area contributed by atoms with E-state index < -0.39 is 11.8 Å². The Bertz CT molecular complexity index is 1980. The lowest BCUT2D eigenvalue weighted by atomic mass is 10.1. The van der Waals surface area contributed by atoms with Crippen LogP contribution < -0.4 is 16.4 Å². The van der Waals surface area contributed by atoms with Crippen LogP contribution in [0.2, 0.25) is 0 Å². The Morgan fingerprint density at radius 1 is 0.535 bits per heavy atom. The lowest BCUT2D eigenvalue weighted by Crippen LogP contribution is -2.16. The van der Waals surface area contributed by atoms with Crippen LogP contribution in [0.5, 0.6) is 0 Å². The van der Waals surface area contributed by atoms with Crippen molar-refractivity contribution in [2.75, 3.05) is 16.4 Å². The maximum absolute atomic E-state index is 13.4. The van der Waals surface area contributed by atoms with Gasteiger partial charge in [-0.3, -0.25) is 9.59 Å². The highest BCUT2D eigenvalue weighted by Crippen LogP contribution is 2.19. The molecule has 0 aliphatic carbocycles. The number of carbonyl (C=O) groups is 2. The average Bonchev–Trinajstić information content (AvgIpc) is 2.99. The summed E-state index contributed by atoms with van der Waals surface area (Å²) in [5, 5.41) is 5.59. The summed E-state index contributed by atoms with van der Waals surface area (Å²) in [7, 11) is 0. The fraction of sp³-hybridized carbons (Fsp3) is 0. The molecule has 0 fully saturated rings. The molecule has 0 spiro atoms. The maximum Gasteiger partial charge on any atom is 0.257 e. The molecule has 2 amide bonds. The summed E-state index contributed by atoms with van der Waals surface area (Å²) in [6.07, 6.45) is 0. The first kappa shape index (κ1) is 28.4. The summed E-state index contributed by atoms with van der Waals surface area (Å²) in [6.45, 7) is 0. The standard InChI is InChI=1S/C36H23F2N3O2/c37-29-9-1-5-24(19-29)13-15-26-7-3-11-31(21-26)40-35(42)28-17-18-33(34(39)23-28)36(43)41-32-12-4-8-27(22-32)16-14-25-6-2-10-30(38)20-25/h1-12,17-23H,39H2,(H,40,42)(H,41,43). The zero-order valence-corrected chi connectivity index (χ0v) is 22.6. The van der Waals surface area contributed by atoms with Crippen LogP contribution in [0.25, 0.3) is 0 Å². The highest BCUT2D eigenvalue weighted by molar-refractivity contribution is 6.10. The third kappa shape index (κ3) is 7.73. The quantitative estimate of drug-likeness (QED) is 0.164. The molecular weight excluding hydrogens is 544 g/mol. The number of nitrogen functional groups attached to an aromatic ring is 1. The van der Waals surface area contributed by atoms with E-state index in [2.05, 4.69) is 34.3 Å². The van der Waals surface area contributed by atoms with E-state index in [0.717, 1.165) is 0 Å². The van der Waals surface area contributed by atoms with E-state index in [1.807, 2.05) is 0 Å². The minimum Gasteiger partial charge on any atom is -0.398 e. The highest BCUT2D eigenvalue weighted by Gasteiger charge is 2.14. The van der Waals surface area contributed by atoms with Crippen LogP contribution >= 0.6 is 0 Å². The second-order valence-corrected chi connectivity index (χ2v) is 9.39. The monoisotopic (exact) mass is 567 g/mol. The molecule has 43 heavy (non-hydrogen) atoms. The topological polar surface area (TPSA) is 84.2 Å². The van der Waals surface area contributed by atoms with Crippen LogP contribution in [0.15, 0.2) is 115 Å². The molecule has 0 unspecified atom stereocenters. The number of anilines is 3. The zero-order valence-electron chi connectivity index (χ0n) is 22.6. The summed E-state index contributed by atoms with van der Waals surface area (Å²) in [6, 6.07) is 30.2. The molecule has 0 aromatic heterocycles. The molecule has 5 aromatic rings. The van der Waals surface area contributed by atoms with Gasteiger partial charge in [-0.1, -0.05) is 47.9 Å². The number of benzene rings is 5. The molecule has 5 nitrogen and oxygen atoms in total. The molecule has 0 bridgehead atoms. The number of nitrogens with one attached hydrogen (secondary N) is 2. The number of amides is 2. The molecule has 5 rings (SSSR count). The summed E-state index contributed by atoms with van der Waals surface area (Å²) in [5.41, 5.74) is 10.1. The number of nitrogens with two attached hydrogens (primary N) is 1. The number of halogens is 2. The zero-order chi connectivity index (χ0) is 30.2. The summed E-state index contributed by atoms with van der Waals surface area (Å²) < 4.78 is 26.8. The predicted molar refractivity (Wildman–Crippen MR) is 164 cm³/mol. The Kier molecular flexibility index (Phi) is 8.57. The van der Waals surface area contributed by atoms with Crippen LogP contribution in [0, 0.1) is 35.3 Å². The van der Waals surface area contributed by atoms with Crippen molar-refractivity contribution in [1.29, 1.82) is 0 Å². The number of carbonyl (C=O) groups excluding carboxylic acids is 2. The molecule has 0 heterocycles. The van der Waals surface area contributed by atoms with Crippen LogP contribution in [0.3, 0.4) is 0 Å². The largest absolute Gasteiger partial charge is 0.398 e. The number of rotatable bonds is 4. The van der Waals surface area contributed by atoms with Crippen LogP contribution in [-0.2, 0) is 0 Å². The van der Waals surface area contributed by atoms with Gasteiger partial charge in [0.2, 0.25) is 0 Å². The average molecular weight is 568 g/mol. The molecule has 5 aromatic carbocycles. The summed E-state index contributed by atoms with van der Waals surface area (Å²) in [4.78, 5) is 25.9. The van der Waals surface area contributed by atoms with Gasteiger partial charge < -0.3 is 16.4 Å². The van der Waals surface area contributed by atoms with Crippen molar-refractivity contribution in [2.24, 2.45) is 0 Å². The third-order valence-electron chi connectivity index (χ3n) is 6.15. The van der Waals surface area contributed by atoms with Gasteiger partial charge in [-0.2, -0.15) is 0 Å². The Labute approximate surface area is 247 Å². The first-order chi connectivity index (χ1) is 20.8. The van der Waals surface area contributed by atoms with Crippen molar-refractivity contribution in [3.05, 3.63) is 160 Å². The van der Waals surface area contributed by atoms with Gasteiger partial charge in [0.25, 0.3) is 11.8 Å². The Balaban J connectivity index is 1.24. The van der Waals surface area contributed by atoms with Gasteiger partial charge in [-0.15, -0.1) is 0 Å². The van der Waals surface area contributed by atoms with E-state index in [1.54, 1.807) is 72.8 Å². The van der Waals surface area contributed by atoms with Gasteiger partial charge in [0, 0.05) is 44.9 Å². The van der Waals surface area contributed by atoms with E-state index in [1.165, 1.54) is 42.5 Å². The Morgan fingerprint density at radius 3 is 1.44 bits per heavy atom. The van der Waals surface area contributed by atoms with Crippen molar-refractivity contribution in [3.63, 3.8) is 0 Å². The lowest BCUT2D eigenvalue weighted by molar-refractivity contribution is 0.101. The Morgan fingerprint density at radius 2 is 0.977 bits per heavy atom. The molecule has 0 aliphatic rings. The smallest absolute Gasteiger partial charge is 0.257 e. The second kappa shape index (κ2) is 13.0. The van der Waals surface area contributed by atoms with Crippen LogP contribution in [-0.4, -0.2) is 11.8 Å².